The molecule has 10 heterocycles. The Morgan fingerprint density at radius 2 is 1.17 bits per heavy atom. The van der Waals surface area contributed by atoms with Crippen LogP contribution in [0.2, 0.25) is 0 Å². The Labute approximate surface area is 436 Å². The monoisotopic (exact) mass is 1030 g/mol. The van der Waals surface area contributed by atoms with Crippen molar-refractivity contribution in [1.29, 1.82) is 0 Å². The highest BCUT2D eigenvalue weighted by Crippen LogP contribution is 2.13. The topological polar surface area (TPSA) is 133 Å². The molecule has 0 aliphatic carbocycles. The van der Waals surface area contributed by atoms with Gasteiger partial charge >= 0.3 is 0 Å². The maximum atomic E-state index is 5.21. The smallest absolute Gasteiger partial charge is 0.133 e. The first-order chi connectivity index (χ1) is 32.7. The molecule has 1 aliphatic rings. The standard InChI is InChI=1S/2C7H10O.C6H7N.C5H7NO.3C5H7NS.C5H11N.C5H6O.C4H5NS.CH4/c1-5-4-8-7(3)6(5)2;1-5-4-6(2)8-7(5)3;1-6-4-2-3-5-7-6;1-4-3-5(2)7-6-4;1-4-5(2)7-3-6-4;2*1-4-3-7-5(2)6-4;1-6-4-2-3-5-6;1-5-3-2-4-6-5;1-4-5-2-3-6-4;/h2*4H,1-3H3;2-5H,1H3;4*3H,1-2H3;2-5H2,1H3;2-4H,1H3;2-3H,1H3;1H4. The summed E-state index contributed by atoms with van der Waals surface area (Å²) in [6.07, 6.45) is 9.86. The van der Waals surface area contributed by atoms with Crippen LogP contribution in [0.25, 0.3) is 0 Å². The van der Waals surface area contributed by atoms with Crippen molar-refractivity contribution in [2.75, 3.05) is 20.1 Å². The minimum Gasteiger partial charge on any atom is -0.470 e. The van der Waals surface area contributed by atoms with Crippen LogP contribution in [-0.4, -0.2) is 55.1 Å². The van der Waals surface area contributed by atoms with Gasteiger partial charge in [-0.05, 0) is 198 Å². The summed E-state index contributed by atoms with van der Waals surface area (Å²) in [7, 11) is 2.17. The van der Waals surface area contributed by atoms with E-state index >= 15 is 0 Å². The molecule has 384 valence electrons. The van der Waals surface area contributed by atoms with Crippen LogP contribution >= 0.6 is 45.3 Å². The predicted molar refractivity (Wildman–Crippen MR) is 299 cm³/mol. The summed E-state index contributed by atoms with van der Waals surface area (Å²) in [5.41, 5.74) is 11.0. The van der Waals surface area contributed by atoms with Gasteiger partial charge in [-0.3, -0.25) is 9.97 Å². The van der Waals surface area contributed by atoms with Gasteiger partial charge in [0, 0.05) is 56.6 Å². The van der Waals surface area contributed by atoms with E-state index in [1.54, 1.807) is 70.3 Å². The van der Waals surface area contributed by atoms with E-state index in [2.05, 4.69) is 66.6 Å². The third-order valence-electron chi connectivity index (χ3n) is 9.38. The van der Waals surface area contributed by atoms with Crippen molar-refractivity contribution in [2.24, 2.45) is 0 Å². The van der Waals surface area contributed by atoms with Crippen molar-refractivity contribution in [3.63, 3.8) is 0 Å². The number of likely N-dealkylation sites (tertiary alicyclic amines) is 1. The molecule has 70 heavy (non-hydrogen) atoms. The largest absolute Gasteiger partial charge is 0.470 e. The van der Waals surface area contributed by atoms with Gasteiger partial charge in [-0.1, -0.05) is 18.6 Å². The van der Waals surface area contributed by atoms with E-state index in [0.717, 1.165) is 72.3 Å². The zero-order chi connectivity index (χ0) is 51.7. The summed E-state index contributed by atoms with van der Waals surface area (Å²) >= 11 is 6.75. The Morgan fingerprint density at radius 3 is 1.31 bits per heavy atom. The average Bonchev–Trinajstić information content (AvgIpc) is 4.18. The molecule has 1 fully saturated rings. The molecular weight excluding hydrogens is 951 g/mol. The number of pyridine rings is 1. The Balaban J connectivity index is 0.000000755. The molecule has 0 amide bonds. The van der Waals surface area contributed by atoms with E-state index < -0.39 is 0 Å². The maximum absolute atomic E-state index is 5.21. The third kappa shape index (κ3) is 32.5. The molecule has 0 unspecified atom stereocenters. The maximum Gasteiger partial charge on any atom is 0.133 e. The first-order valence-electron chi connectivity index (χ1n) is 22.7. The lowest BCUT2D eigenvalue weighted by Crippen LogP contribution is -2.10. The summed E-state index contributed by atoms with van der Waals surface area (Å²) in [5, 5.41) is 13.1. The summed E-state index contributed by atoms with van der Waals surface area (Å²) in [4.78, 5) is 23.9. The number of hydrogen-bond acceptors (Lipinski definition) is 15. The van der Waals surface area contributed by atoms with E-state index in [4.69, 9.17) is 17.8 Å². The van der Waals surface area contributed by atoms with Gasteiger partial charge in [-0.15, -0.1) is 45.3 Å². The molecule has 0 radical (unpaired) electrons. The zero-order valence-corrected chi connectivity index (χ0v) is 47.7. The average molecular weight is 1030 g/mol. The lowest BCUT2D eigenvalue weighted by atomic mass is 10.2. The number of aromatic nitrogens is 6. The van der Waals surface area contributed by atoms with Gasteiger partial charge in [0.05, 0.1) is 44.4 Å². The molecule has 0 bridgehead atoms. The third-order valence-corrected chi connectivity index (χ3v) is 12.7. The summed E-state index contributed by atoms with van der Waals surface area (Å²) in [6, 6.07) is 13.6. The summed E-state index contributed by atoms with van der Waals surface area (Å²) in [6.45, 7) is 36.5. The van der Waals surface area contributed by atoms with Gasteiger partial charge in [-0.2, -0.15) is 0 Å². The summed E-state index contributed by atoms with van der Waals surface area (Å²) < 4.78 is 19.9. The van der Waals surface area contributed by atoms with Crippen molar-refractivity contribution in [2.45, 2.75) is 138 Å². The van der Waals surface area contributed by atoms with Crippen molar-refractivity contribution in [3.05, 3.63) is 183 Å². The van der Waals surface area contributed by atoms with E-state index in [9.17, 15) is 0 Å². The van der Waals surface area contributed by atoms with Gasteiger partial charge in [0.15, 0.2) is 0 Å². The molecule has 0 saturated carbocycles. The van der Waals surface area contributed by atoms with Crippen LogP contribution in [0.3, 0.4) is 0 Å². The fraction of sp³-hybridized carbons (Fsp3) is 0.418. The minimum absolute atomic E-state index is 0. The van der Waals surface area contributed by atoms with Crippen molar-refractivity contribution in [1.82, 2.24) is 35.0 Å². The van der Waals surface area contributed by atoms with Crippen LogP contribution in [0.15, 0.2) is 107 Å². The van der Waals surface area contributed by atoms with Crippen molar-refractivity contribution >= 4 is 45.3 Å². The number of nitrogens with zero attached hydrogens (tertiary/aromatic N) is 7. The minimum atomic E-state index is 0. The van der Waals surface area contributed by atoms with Crippen LogP contribution in [0.5, 0.6) is 0 Å². The van der Waals surface area contributed by atoms with E-state index in [-0.39, 0.29) is 7.43 Å². The molecule has 9 aromatic heterocycles. The fourth-order valence-electron chi connectivity index (χ4n) is 5.16. The molecule has 1 saturated heterocycles. The Kier molecular flexibility index (Phi) is 34.6. The van der Waals surface area contributed by atoms with E-state index in [1.807, 2.05) is 157 Å². The second-order valence-electron chi connectivity index (χ2n) is 16.0. The first-order valence-corrected chi connectivity index (χ1v) is 26.2. The van der Waals surface area contributed by atoms with Crippen LogP contribution < -0.4 is 0 Å². The lowest BCUT2D eigenvalue weighted by Gasteiger charge is -2.01. The van der Waals surface area contributed by atoms with E-state index in [0.29, 0.717) is 0 Å². The number of aryl methyl sites for hydroxylation is 16. The van der Waals surface area contributed by atoms with Crippen LogP contribution in [0, 0.1) is 118 Å². The van der Waals surface area contributed by atoms with Gasteiger partial charge in [-0.25, -0.2) is 15.0 Å². The van der Waals surface area contributed by atoms with Crippen molar-refractivity contribution in [3.8, 4) is 0 Å². The fourth-order valence-corrected chi connectivity index (χ4v) is 7.38. The molecule has 9 aromatic rings. The molecule has 0 atom stereocenters. The predicted octanol–water partition coefficient (Wildman–Crippen LogP) is 16.8. The van der Waals surface area contributed by atoms with Crippen LogP contribution in [0.1, 0.15) is 114 Å². The van der Waals surface area contributed by atoms with Gasteiger partial charge in [0.2, 0.25) is 0 Å². The SMILES string of the molecule is C.CN1CCCC1.Cc1cc(C)c(C)o1.Cc1cc(C)on1.Cc1ccccn1.Cc1ccco1.Cc1coc(C)c1C.Cc1csc(C)n1.Cc1csc(C)n1.Cc1nccs1.Cc1ncsc1C. The van der Waals surface area contributed by atoms with Gasteiger partial charge < -0.3 is 22.7 Å². The van der Waals surface area contributed by atoms with Crippen LogP contribution in [0.4, 0.5) is 0 Å². The molecule has 10 rings (SSSR count). The molecule has 11 nitrogen and oxygen atoms in total. The highest BCUT2D eigenvalue weighted by molar-refractivity contribution is 7.10. The van der Waals surface area contributed by atoms with Gasteiger partial charge in [0.1, 0.15) is 28.8 Å². The molecule has 0 N–H and O–H groups in total. The normalized spacial score (nSPS) is 10.6. The quantitative estimate of drug-likeness (QED) is 0.144. The Hall–Kier alpha value is -5.32. The Bertz CT molecular complexity index is 2350. The molecule has 15 heteroatoms. The molecule has 0 spiro atoms. The lowest BCUT2D eigenvalue weighted by molar-refractivity contribution is 0.393. The van der Waals surface area contributed by atoms with Gasteiger partial charge in [0.25, 0.3) is 0 Å². The zero-order valence-electron chi connectivity index (χ0n) is 44.4. The molecular formula is C55H81N7O4S4. The summed E-state index contributed by atoms with van der Waals surface area (Å²) in [5.74, 6) is 4.90. The van der Waals surface area contributed by atoms with E-state index in [1.165, 1.54) is 47.5 Å². The highest BCUT2D eigenvalue weighted by Gasteiger charge is 2.03. The van der Waals surface area contributed by atoms with Crippen LogP contribution in [-0.2, 0) is 0 Å². The number of thiazole rings is 4. The second-order valence-corrected chi connectivity index (χ2v) is 20.3. The molecule has 0 aromatic carbocycles. The number of hydrogen-bond donors (Lipinski definition) is 0. The highest BCUT2D eigenvalue weighted by atomic mass is 32.1. The first kappa shape index (κ1) is 64.7. The number of rotatable bonds is 0. The Morgan fingerprint density at radius 1 is 0.543 bits per heavy atom. The van der Waals surface area contributed by atoms with Crippen molar-refractivity contribution < 1.29 is 17.8 Å². The molecule has 1 aliphatic heterocycles. The number of furan rings is 3. The second kappa shape index (κ2) is 37.5.